The van der Waals surface area contributed by atoms with Gasteiger partial charge in [-0.1, -0.05) is 18.5 Å². The van der Waals surface area contributed by atoms with Crippen molar-refractivity contribution in [3.05, 3.63) is 11.2 Å². The molecule has 1 atom stereocenters. The topological polar surface area (TPSA) is 76.3 Å². The smallest absolute Gasteiger partial charge is 0.222 e. The molecule has 100 valence electrons. The third-order valence-electron chi connectivity index (χ3n) is 2.93. The largest absolute Gasteiger partial charge is 0.374 e. The van der Waals surface area contributed by atoms with Gasteiger partial charge in [0, 0.05) is 19.6 Å². The Bertz CT molecular complexity index is 403. The number of nitrogen functional groups attached to an aromatic ring is 1. The van der Waals surface area contributed by atoms with Crippen LogP contribution in [0.1, 0.15) is 6.92 Å². The van der Waals surface area contributed by atoms with Crippen LogP contribution in [0.2, 0.25) is 5.02 Å². The quantitative estimate of drug-likeness (QED) is 0.845. The standard InChI is InChI=1S/C11H18ClN5O/c1-2-17-3-4-18-8(7-17)5-14-10-9(12)6-15-11(13)16-10/h6,8H,2-5,7H2,1H3,(H3,13,14,15,16). The molecule has 0 spiro atoms. The van der Waals surface area contributed by atoms with Crippen LogP contribution in [0.5, 0.6) is 0 Å². The van der Waals surface area contributed by atoms with Crippen molar-refractivity contribution < 1.29 is 4.74 Å². The number of hydrogen-bond donors (Lipinski definition) is 2. The second-order valence-electron chi connectivity index (χ2n) is 4.19. The van der Waals surface area contributed by atoms with Crippen molar-refractivity contribution in [1.82, 2.24) is 14.9 Å². The Labute approximate surface area is 111 Å². The summed E-state index contributed by atoms with van der Waals surface area (Å²) in [6, 6.07) is 0. The molecule has 1 aliphatic heterocycles. The summed E-state index contributed by atoms with van der Waals surface area (Å²) < 4.78 is 5.68. The van der Waals surface area contributed by atoms with Crippen molar-refractivity contribution >= 4 is 23.4 Å². The summed E-state index contributed by atoms with van der Waals surface area (Å²) in [5.74, 6) is 0.767. The van der Waals surface area contributed by atoms with E-state index in [1.807, 2.05) is 0 Å². The zero-order valence-electron chi connectivity index (χ0n) is 10.4. The zero-order chi connectivity index (χ0) is 13.0. The third-order valence-corrected chi connectivity index (χ3v) is 3.21. The van der Waals surface area contributed by atoms with Crippen molar-refractivity contribution in [1.29, 1.82) is 0 Å². The Morgan fingerprint density at radius 2 is 2.50 bits per heavy atom. The van der Waals surface area contributed by atoms with E-state index in [9.17, 15) is 0 Å². The minimum absolute atomic E-state index is 0.144. The minimum Gasteiger partial charge on any atom is -0.374 e. The molecule has 7 heteroatoms. The van der Waals surface area contributed by atoms with E-state index in [4.69, 9.17) is 22.1 Å². The molecule has 1 aliphatic rings. The summed E-state index contributed by atoms with van der Waals surface area (Å²) in [6.07, 6.45) is 1.64. The second-order valence-corrected chi connectivity index (χ2v) is 4.60. The van der Waals surface area contributed by atoms with Gasteiger partial charge in [-0.2, -0.15) is 4.98 Å². The summed E-state index contributed by atoms with van der Waals surface area (Å²) in [6.45, 7) is 6.53. The molecule has 1 aromatic rings. The maximum Gasteiger partial charge on any atom is 0.222 e. The van der Waals surface area contributed by atoms with Crippen LogP contribution in [0.3, 0.4) is 0 Å². The lowest BCUT2D eigenvalue weighted by molar-refractivity contribution is -0.0192. The lowest BCUT2D eigenvalue weighted by atomic mass is 10.2. The van der Waals surface area contributed by atoms with Gasteiger partial charge >= 0.3 is 0 Å². The fraction of sp³-hybridized carbons (Fsp3) is 0.636. The molecule has 3 N–H and O–H groups in total. The van der Waals surface area contributed by atoms with Crippen LogP contribution in [0.25, 0.3) is 0 Å². The van der Waals surface area contributed by atoms with Crippen LogP contribution in [-0.2, 0) is 4.74 Å². The molecule has 6 nitrogen and oxygen atoms in total. The zero-order valence-corrected chi connectivity index (χ0v) is 11.2. The molecule has 2 rings (SSSR count). The summed E-state index contributed by atoms with van der Waals surface area (Å²) in [7, 11) is 0. The molecule has 1 fully saturated rings. The van der Waals surface area contributed by atoms with E-state index in [0.29, 0.717) is 17.4 Å². The van der Waals surface area contributed by atoms with Crippen molar-refractivity contribution in [2.45, 2.75) is 13.0 Å². The number of morpholine rings is 1. The van der Waals surface area contributed by atoms with Crippen molar-refractivity contribution in [3.63, 3.8) is 0 Å². The molecule has 0 amide bonds. The predicted octanol–water partition coefficient (Wildman–Crippen LogP) is 0.845. The highest BCUT2D eigenvalue weighted by molar-refractivity contribution is 6.32. The predicted molar refractivity (Wildman–Crippen MR) is 71.8 cm³/mol. The molecule has 0 radical (unpaired) electrons. The second kappa shape index (κ2) is 6.17. The van der Waals surface area contributed by atoms with E-state index < -0.39 is 0 Å². The van der Waals surface area contributed by atoms with Crippen molar-refractivity contribution in [3.8, 4) is 0 Å². The average Bonchev–Trinajstić information content (AvgIpc) is 2.40. The first-order chi connectivity index (χ1) is 8.69. The normalized spacial score (nSPS) is 20.9. The van der Waals surface area contributed by atoms with Crippen LogP contribution in [0.4, 0.5) is 11.8 Å². The Morgan fingerprint density at radius 1 is 1.67 bits per heavy atom. The van der Waals surface area contributed by atoms with Crippen LogP contribution in [-0.4, -0.2) is 53.8 Å². The molecule has 0 bridgehead atoms. The Kier molecular flexibility index (Phi) is 4.57. The average molecular weight is 272 g/mol. The number of aromatic nitrogens is 2. The van der Waals surface area contributed by atoms with Crippen LogP contribution in [0.15, 0.2) is 6.20 Å². The lowest BCUT2D eigenvalue weighted by Gasteiger charge is -2.32. The molecule has 2 heterocycles. The van der Waals surface area contributed by atoms with Gasteiger partial charge in [-0.15, -0.1) is 0 Å². The summed E-state index contributed by atoms with van der Waals surface area (Å²) >= 11 is 5.98. The number of nitrogens with one attached hydrogen (secondary N) is 1. The van der Waals surface area contributed by atoms with Crippen LogP contribution in [0, 0.1) is 0 Å². The molecule has 0 saturated carbocycles. The summed E-state index contributed by atoms with van der Waals surface area (Å²) in [4.78, 5) is 10.2. The molecule has 0 aromatic carbocycles. The number of nitrogens with zero attached hydrogens (tertiary/aromatic N) is 3. The maximum absolute atomic E-state index is 5.98. The number of hydrogen-bond acceptors (Lipinski definition) is 6. The van der Waals surface area contributed by atoms with E-state index >= 15 is 0 Å². The number of nitrogens with two attached hydrogens (primary N) is 1. The minimum atomic E-state index is 0.144. The van der Waals surface area contributed by atoms with Gasteiger partial charge in [0.15, 0.2) is 5.82 Å². The first kappa shape index (κ1) is 13.3. The first-order valence-electron chi connectivity index (χ1n) is 6.05. The SMILES string of the molecule is CCN1CCOC(CNc2nc(N)ncc2Cl)C1. The van der Waals surface area contributed by atoms with Gasteiger partial charge < -0.3 is 15.8 Å². The molecule has 1 saturated heterocycles. The highest BCUT2D eigenvalue weighted by Gasteiger charge is 2.19. The van der Waals surface area contributed by atoms with E-state index in [1.165, 1.54) is 6.20 Å². The molecule has 1 unspecified atom stereocenters. The van der Waals surface area contributed by atoms with Crippen molar-refractivity contribution in [2.75, 3.05) is 43.8 Å². The van der Waals surface area contributed by atoms with Gasteiger partial charge in [0.05, 0.1) is 18.9 Å². The molecular formula is C11H18ClN5O. The third kappa shape index (κ3) is 3.44. The van der Waals surface area contributed by atoms with Gasteiger partial charge in [-0.25, -0.2) is 4.98 Å². The molecule has 1 aromatic heterocycles. The Morgan fingerprint density at radius 3 is 3.28 bits per heavy atom. The highest BCUT2D eigenvalue weighted by atomic mass is 35.5. The van der Waals surface area contributed by atoms with Crippen molar-refractivity contribution in [2.24, 2.45) is 0 Å². The van der Waals surface area contributed by atoms with Gasteiger partial charge in [-0.05, 0) is 6.54 Å². The Balaban J connectivity index is 1.89. The molecular weight excluding hydrogens is 254 g/mol. The lowest BCUT2D eigenvalue weighted by Crippen LogP contribution is -2.45. The number of likely N-dealkylation sites (N-methyl/N-ethyl adjacent to an activating group) is 1. The van der Waals surface area contributed by atoms with Gasteiger partial charge in [-0.3, -0.25) is 4.90 Å². The number of ether oxygens (including phenoxy) is 1. The van der Waals surface area contributed by atoms with E-state index in [0.717, 1.165) is 26.2 Å². The number of halogens is 1. The Hall–Kier alpha value is -1.11. The fourth-order valence-electron chi connectivity index (χ4n) is 1.91. The van der Waals surface area contributed by atoms with E-state index in [2.05, 4.69) is 27.1 Å². The van der Waals surface area contributed by atoms with Gasteiger partial charge in [0.25, 0.3) is 0 Å². The first-order valence-corrected chi connectivity index (χ1v) is 6.42. The summed E-state index contributed by atoms with van der Waals surface area (Å²) in [5.41, 5.74) is 5.52. The summed E-state index contributed by atoms with van der Waals surface area (Å²) in [5, 5.41) is 3.62. The van der Waals surface area contributed by atoms with E-state index in [1.54, 1.807) is 0 Å². The van der Waals surface area contributed by atoms with Crippen LogP contribution < -0.4 is 11.1 Å². The van der Waals surface area contributed by atoms with E-state index in [-0.39, 0.29) is 12.1 Å². The van der Waals surface area contributed by atoms with Crippen LogP contribution >= 0.6 is 11.6 Å². The number of rotatable bonds is 4. The van der Waals surface area contributed by atoms with Gasteiger partial charge in [0.1, 0.15) is 5.02 Å². The monoisotopic (exact) mass is 271 g/mol. The highest BCUT2D eigenvalue weighted by Crippen LogP contribution is 2.18. The maximum atomic E-state index is 5.98. The van der Waals surface area contributed by atoms with Gasteiger partial charge in [0.2, 0.25) is 5.95 Å². The molecule has 0 aliphatic carbocycles. The fourth-order valence-corrected chi connectivity index (χ4v) is 2.06. The molecule has 18 heavy (non-hydrogen) atoms. The number of anilines is 2.